The molecule has 0 spiro atoms. The van der Waals surface area contributed by atoms with Crippen LogP contribution in [0.2, 0.25) is 0 Å². The summed E-state index contributed by atoms with van der Waals surface area (Å²) < 4.78 is 70.4. The molecule has 0 bridgehead atoms. The lowest BCUT2D eigenvalue weighted by Gasteiger charge is -2.10. The van der Waals surface area contributed by atoms with Crippen molar-refractivity contribution in [2.75, 3.05) is 0 Å². The van der Waals surface area contributed by atoms with Gasteiger partial charge < -0.3 is 4.74 Å². The molecule has 0 radical (unpaired) electrons. The molecule has 0 saturated carbocycles. The molecule has 0 aliphatic heterocycles. The van der Waals surface area contributed by atoms with Crippen LogP contribution in [0.5, 0.6) is 11.5 Å². The third kappa shape index (κ3) is 2.35. The largest absolute Gasteiger partial charge is 0.448 e. The molecule has 2 rings (SSSR count). The van der Waals surface area contributed by atoms with Crippen LogP contribution in [0.3, 0.4) is 0 Å². The van der Waals surface area contributed by atoms with E-state index in [4.69, 9.17) is 0 Å². The van der Waals surface area contributed by atoms with E-state index in [0.717, 1.165) is 6.07 Å². The molecule has 0 aliphatic carbocycles. The van der Waals surface area contributed by atoms with Crippen molar-refractivity contribution in [2.24, 2.45) is 0 Å². The minimum absolute atomic E-state index is 0.147. The smallest absolute Gasteiger partial charge is 0.255 e. The molecular formula is C12H6F5NO. The van der Waals surface area contributed by atoms with Crippen LogP contribution in [-0.2, 0) is 0 Å². The van der Waals surface area contributed by atoms with Gasteiger partial charge in [0, 0.05) is 0 Å². The Bertz CT molecular complexity index is 618. The molecule has 0 atom stereocenters. The molecule has 1 aromatic heterocycles. The van der Waals surface area contributed by atoms with Crippen molar-refractivity contribution in [2.45, 2.75) is 6.92 Å². The number of aryl methyl sites for hydroxylation is 1. The van der Waals surface area contributed by atoms with Gasteiger partial charge in [0.25, 0.3) is 11.9 Å². The molecule has 1 heterocycles. The van der Waals surface area contributed by atoms with Crippen molar-refractivity contribution >= 4 is 0 Å². The molecular weight excluding hydrogens is 269 g/mol. The number of pyridine rings is 1. The number of aromatic nitrogens is 1. The van der Waals surface area contributed by atoms with Crippen molar-refractivity contribution in [1.29, 1.82) is 0 Å². The van der Waals surface area contributed by atoms with E-state index < -0.39 is 40.8 Å². The zero-order valence-corrected chi connectivity index (χ0v) is 9.48. The van der Waals surface area contributed by atoms with E-state index in [0.29, 0.717) is 0 Å². The van der Waals surface area contributed by atoms with Gasteiger partial charge in [-0.15, -0.1) is 0 Å². The highest BCUT2D eigenvalue weighted by atomic mass is 19.2. The van der Waals surface area contributed by atoms with E-state index in [1.807, 2.05) is 0 Å². The number of hydrogen-bond donors (Lipinski definition) is 0. The van der Waals surface area contributed by atoms with Gasteiger partial charge >= 0.3 is 0 Å². The first-order valence-corrected chi connectivity index (χ1v) is 5.04. The van der Waals surface area contributed by atoms with Crippen LogP contribution in [0.1, 0.15) is 5.56 Å². The highest BCUT2D eigenvalue weighted by Gasteiger charge is 2.23. The summed E-state index contributed by atoms with van der Waals surface area (Å²) in [5, 5.41) is 0. The lowest BCUT2D eigenvalue weighted by molar-refractivity contribution is 0.335. The Hall–Kier alpha value is -2.18. The van der Waals surface area contributed by atoms with Crippen molar-refractivity contribution < 1.29 is 26.7 Å². The maximum Gasteiger partial charge on any atom is 0.255 e. The zero-order valence-electron chi connectivity index (χ0n) is 9.48. The van der Waals surface area contributed by atoms with Gasteiger partial charge in [0.1, 0.15) is 0 Å². The summed E-state index contributed by atoms with van der Waals surface area (Å²) in [5.41, 5.74) is 0.147. The average molecular weight is 275 g/mol. The molecule has 1 aromatic carbocycles. The first-order chi connectivity index (χ1) is 8.91. The van der Waals surface area contributed by atoms with Gasteiger partial charge in [0.05, 0.1) is 0 Å². The van der Waals surface area contributed by atoms with Crippen LogP contribution in [0, 0.1) is 36.3 Å². The van der Waals surface area contributed by atoms with Gasteiger partial charge in [0.15, 0.2) is 11.6 Å². The summed E-state index contributed by atoms with van der Waals surface area (Å²) in [6, 6.07) is 3.82. The van der Waals surface area contributed by atoms with Crippen LogP contribution in [0.15, 0.2) is 18.2 Å². The second kappa shape index (κ2) is 4.83. The van der Waals surface area contributed by atoms with Crippen molar-refractivity contribution in [3.05, 3.63) is 53.1 Å². The summed E-state index contributed by atoms with van der Waals surface area (Å²) in [7, 11) is 0. The van der Waals surface area contributed by atoms with E-state index in [2.05, 4.69) is 9.72 Å². The highest BCUT2D eigenvalue weighted by Crippen LogP contribution is 2.31. The second-order valence-electron chi connectivity index (χ2n) is 3.64. The number of benzene rings is 1. The number of hydrogen-bond acceptors (Lipinski definition) is 2. The fourth-order valence-electron chi connectivity index (χ4n) is 1.37. The first kappa shape index (κ1) is 13.3. The lowest BCUT2D eigenvalue weighted by atomic mass is 10.2. The van der Waals surface area contributed by atoms with Crippen LogP contribution < -0.4 is 4.74 Å². The topological polar surface area (TPSA) is 22.1 Å². The van der Waals surface area contributed by atoms with Crippen LogP contribution >= 0.6 is 0 Å². The Morgan fingerprint density at radius 3 is 2.05 bits per heavy atom. The van der Waals surface area contributed by atoms with Gasteiger partial charge in [-0.25, -0.2) is 4.39 Å². The third-order valence-electron chi connectivity index (χ3n) is 2.33. The SMILES string of the molecule is Cc1cccc(Oc2c(F)c(F)nc(F)c2F)c1F. The Morgan fingerprint density at radius 1 is 0.895 bits per heavy atom. The minimum atomic E-state index is -1.87. The maximum atomic E-state index is 13.6. The predicted octanol–water partition coefficient (Wildman–Crippen LogP) is 3.88. The van der Waals surface area contributed by atoms with E-state index in [1.165, 1.54) is 19.1 Å². The number of rotatable bonds is 2. The normalized spacial score (nSPS) is 10.6. The highest BCUT2D eigenvalue weighted by molar-refractivity contribution is 5.36. The zero-order chi connectivity index (χ0) is 14.2. The van der Waals surface area contributed by atoms with Gasteiger partial charge in [-0.05, 0) is 18.6 Å². The van der Waals surface area contributed by atoms with E-state index >= 15 is 0 Å². The van der Waals surface area contributed by atoms with Gasteiger partial charge in [-0.2, -0.15) is 22.5 Å². The summed E-state index contributed by atoms with van der Waals surface area (Å²) in [6.45, 7) is 1.39. The molecule has 0 unspecified atom stereocenters. The van der Waals surface area contributed by atoms with Crippen LogP contribution in [0.25, 0.3) is 0 Å². The summed E-state index contributed by atoms with van der Waals surface area (Å²) >= 11 is 0. The molecule has 0 N–H and O–H groups in total. The molecule has 0 saturated heterocycles. The van der Waals surface area contributed by atoms with Gasteiger partial charge in [-0.3, -0.25) is 0 Å². The fourth-order valence-corrected chi connectivity index (χ4v) is 1.37. The number of nitrogens with zero attached hydrogens (tertiary/aromatic N) is 1. The summed E-state index contributed by atoms with van der Waals surface area (Å²) in [5.74, 6) is -10.2. The maximum absolute atomic E-state index is 13.6. The molecule has 2 nitrogen and oxygen atoms in total. The molecule has 2 aromatic rings. The van der Waals surface area contributed by atoms with Crippen molar-refractivity contribution in [3.8, 4) is 11.5 Å². The average Bonchev–Trinajstić information content (AvgIpc) is 2.37. The van der Waals surface area contributed by atoms with E-state index in [9.17, 15) is 22.0 Å². The van der Waals surface area contributed by atoms with E-state index in [1.54, 1.807) is 0 Å². The molecule has 19 heavy (non-hydrogen) atoms. The standard InChI is InChI=1S/C12H6F5NO/c1-5-3-2-4-6(7(5)13)19-10-8(14)11(16)18-12(17)9(10)15/h2-4H,1H3. The molecule has 0 amide bonds. The number of ether oxygens (including phenoxy) is 1. The van der Waals surface area contributed by atoms with Crippen LogP contribution in [-0.4, -0.2) is 4.98 Å². The lowest BCUT2D eigenvalue weighted by Crippen LogP contribution is -2.04. The van der Waals surface area contributed by atoms with Crippen molar-refractivity contribution in [3.63, 3.8) is 0 Å². The Balaban J connectivity index is 2.52. The Labute approximate surface area is 104 Å². The fraction of sp³-hybridized carbons (Fsp3) is 0.0833. The minimum Gasteiger partial charge on any atom is -0.448 e. The number of halogens is 5. The second-order valence-corrected chi connectivity index (χ2v) is 3.64. The molecule has 100 valence electrons. The summed E-state index contributed by atoms with van der Waals surface area (Å²) in [4.78, 5) is 2.36. The quantitative estimate of drug-likeness (QED) is 0.613. The van der Waals surface area contributed by atoms with Gasteiger partial charge in [-0.1, -0.05) is 12.1 Å². The Morgan fingerprint density at radius 2 is 1.47 bits per heavy atom. The van der Waals surface area contributed by atoms with E-state index in [-0.39, 0.29) is 5.56 Å². The monoisotopic (exact) mass is 275 g/mol. The third-order valence-corrected chi connectivity index (χ3v) is 2.33. The molecule has 0 fully saturated rings. The molecule has 0 aliphatic rings. The Kier molecular flexibility index (Phi) is 3.37. The van der Waals surface area contributed by atoms with Crippen LogP contribution in [0.4, 0.5) is 22.0 Å². The first-order valence-electron chi connectivity index (χ1n) is 5.04. The van der Waals surface area contributed by atoms with Gasteiger partial charge in [0.2, 0.25) is 17.4 Å². The van der Waals surface area contributed by atoms with Crippen molar-refractivity contribution in [1.82, 2.24) is 4.98 Å². The summed E-state index contributed by atoms with van der Waals surface area (Å²) in [6.07, 6.45) is 0. The predicted molar refractivity (Wildman–Crippen MR) is 55.3 cm³/mol. The molecule has 7 heteroatoms.